The van der Waals surface area contributed by atoms with E-state index in [1.165, 1.54) is 16.7 Å². The minimum atomic E-state index is -0.111. The van der Waals surface area contributed by atoms with Crippen molar-refractivity contribution in [2.45, 2.75) is 40.2 Å². The number of rotatable bonds is 4. The first kappa shape index (κ1) is 14.6. The van der Waals surface area contributed by atoms with Gasteiger partial charge in [-0.15, -0.1) is 0 Å². The van der Waals surface area contributed by atoms with Crippen LogP contribution >= 0.6 is 0 Å². The molecule has 1 heterocycles. The van der Waals surface area contributed by atoms with Gasteiger partial charge in [-0.2, -0.15) is 0 Å². The van der Waals surface area contributed by atoms with Crippen molar-refractivity contribution in [2.24, 2.45) is 0 Å². The molecule has 0 fully saturated rings. The Morgan fingerprint density at radius 1 is 1.09 bits per heavy atom. The van der Waals surface area contributed by atoms with Crippen molar-refractivity contribution in [1.82, 2.24) is 9.97 Å². The number of nitrogens with one attached hydrogen (secondary N) is 1. The van der Waals surface area contributed by atoms with Gasteiger partial charge in [0.2, 0.25) is 0 Å². The molecular formula is C19H22N2O. The van der Waals surface area contributed by atoms with Gasteiger partial charge in [-0.05, 0) is 68.1 Å². The third-order valence-electron chi connectivity index (χ3n) is 4.15. The normalized spacial score (nSPS) is 12.5. The van der Waals surface area contributed by atoms with E-state index >= 15 is 0 Å². The van der Waals surface area contributed by atoms with Gasteiger partial charge in [-0.3, -0.25) is 0 Å². The highest BCUT2D eigenvalue weighted by Crippen LogP contribution is 2.24. The Labute approximate surface area is 131 Å². The maximum atomic E-state index is 6.00. The zero-order chi connectivity index (χ0) is 15.7. The number of hydrogen-bond acceptors (Lipinski definition) is 2. The molecule has 0 aliphatic heterocycles. The lowest BCUT2D eigenvalue weighted by Crippen LogP contribution is -2.05. The van der Waals surface area contributed by atoms with Gasteiger partial charge in [0.1, 0.15) is 11.6 Å². The summed E-state index contributed by atoms with van der Waals surface area (Å²) in [6.45, 7) is 8.39. The van der Waals surface area contributed by atoms with E-state index in [-0.39, 0.29) is 6.10 Å². The molecule has 3 heteroatoms. The highest BCUT2D eigenvalue weighted by molar-refractivity contribution is 5.77. The van der Waals surface area contributed by atoms with Gasteiger partial charge < -0.3 is 9.72 Å². The standard InChI is InChI=1S/C19H22N2O/c1-5-15-6-8-16(9-7-15)22-14(4)19-20-17-10-12(2)13(3)11-18(17)21-19/h6-11,14H,5H2,1-4H3,(H,20,21)/t14-/m0/s1. The smallest absolute Gasteiger partial charge is 0.153 e. The average molecular weight is 294 g/mol. The molecule has 0 amide bonds. The van der Waals surface area contributed by atoms with E-state index in [4.69, 9.17) is 4.74 Å². The van der Waals surface area contributed by atoms with E-state index in [2.05, 4.69) is 55.0 Å². The van der Waals surface area contributed by atoms with Crippen molar-refractivity contribution in [3.63, 3.8) is 0 Å². The Balaban J connectivity index is 1.83. The molecule has 1 N–H and O–H groups in total. The Bertz CT molecular complexity index is 748. The van der Waals surface area contributed by atoms with Crippen LogP contribution in [0.4, 0.5) is 0 Å². The third kappa shape index (κ3) is 2.84. The first-order chi connectivity index (χ1) is 10.6. The fourth-order valence-corrected chi connectivity index (χ4v) is 2.55. The quantitative estimate of drug-likeness (QED) is 0.744. The second kappa shape index (κ2) is 5.84. The van der Waals surface area contributed by atoms with Crippen molar-refractivity contribution < 1.29 is 4.74 Å². The number of aryl methyl sites for hydroxylation is 3. The Hall–Kier alpha value is -2.29. The van der Waals surface area contributed by atoms with Crippen molar-refractivity contribution in [1.29, 1.82) is 0 Å². The van der Waals surface area contributed by atoms with Gasteiger partial charge in [0.15, 0.2) is 6.10 Å². The Morgan fingerprint density at radius 2 is 1.77 bits per heavy atom. The summed E-state index contributed by atoms with van der Waals surface area (Å²) in [4.78, 5) is 8.03. The van der Waals surface area contributed by atoms with Crippen LogP contribution in [-0.4, -0.2) is 9.97 Å². The molecule has 0 unspecified atom stereocenters. The molecule has 2 aromatic carbocycles. The Kier molecular flexibility index (Phi) is 3.88. The SMILES string of the molecule is CCc1ccc(O[C@@H](C)c2nc3cc(C)c(C)cc3[nH]2)cc1. The number of H-pyrrole nitrogens is 1. The molecule has 3 nitrogen and oxygen atoms in total. The van der Waals surface area contributed by atoms with Gasteiger partial charge in [0, 0.05) is 0 Å². The van der Waals surface area contributed by atoms with Gasteiger partial charge in [0.25, 0.3) is 0 Å². The Morgan fingerprint density at radius 3 is 2.45 bits per heavy atom. The molecular weight excluding hydrogens is 272 g/mol. The molecule has 0 aliphatic rings. The maximum absolute atomic E-state index is 6.00. The number of aromatic amines is 1. The highest BCUT2D eigenvalue weighted by atomic mass is 16.5. The third-order valence-corrected chi connectivity index (χ3v) is 4.15. The second-order valence-electron chi connectivity index (χ2n) is 5.83. The van der Waals surface area contributed by atoms with E-state index in [0.29, 0.717) is 0 Å². The minimum absolute atomic E-state index is 0.111. The summed E-state index contributed by atoms with van der Waals surface area (Å²) in [5.74, 6) is 1.73. The summed E-state index contributed by atoms with van der Waals surface area (Å²) in [7, 11) is 0. The molecule has 3 aromatic rings. The molecule has 0 saturated carbocycles. The summed E-state index contributed by atoms with van der Waals surface area (Å²) < 4.78 is 6.00. The molecule has 0 saturated heterocycles. The van der Waals surface area contributed by atoms with Crippen LogP contribution in [-0.2, 0) is 6.42 Å². The average Bonchev–Trinajstić information content (AvgIpc) is 2.91. The van der Waals surface area contributed by atoms with E-state index in [9.17, 15) is 0 Å². The number of benzene rings is 2. The van der Waals surface area contributed by atoms with E-state index in [1.807, 2.05) is 19.1 Å². The van der Waals surface area contributed by atoms with Crippen LogP contribution in [0.25, 0.3) is 11.0 Å². The predicted molar refractivity (Wildman–Crippen MR) is 90.4 cm³/mol. The molecule has 22 heavy (non-hydrogen) atoms. The monoisotopic (exact) mass is 294 g/mol. The van der Waals surface area contributed by atoms with Crippen LogP contribution in [0.1, 0.15) is 42.5 Å². The van der Waals surface area contributed by atoms with Gasteiger partial charge in [-0.25, -0.2) is 4.98 Å². The van der Waals surface area contributed by atoms with Gasteiger partial charge in [-0.1, -0.05) is 19.1 Å². The zero-order valence-corrected chi connectivity index (χ0v) is 13.6. The number of nitrogens with zero attached hydrogens (tertiary/aromatic N) is 1. The zero-order valence-electron chi connectivity index (χ0n) is 13.6. The minimum Gasteiger partial charge on any atom is -0.483 e. The lowest BCUT2D eigenvalue weighted by Gasteiger charge is -2.12. The number of hydrogen-bond donors (Lipinski definition) is 1. The van der Waals surface area contributed by atoms with E-state index in [1.54, 1.807) is 0 Å². The number of aromatic nitrogens is 2. The van der Waals surface area contributed by atoms with E-state index < -0.39 is 0 Å². The van der Waals surface area contributed by atoms with Crippen LogP contribution in [0.3, 0.4) is 0 Å². The molecule has 114 valence electrons. The second-order valence-corrected chi connectivity index (χ2v) is 5.83. The summed E-state index contributed by atoms with van der Waals surface area (Å²) in [5.41, 5.74) is 5.90. The van der Waals surface area contributed by atoms with Gasteiger partial charge in [0.05, 0.1) is 11.0 Å². The molecule has 3 rings (SSSR count). The summed E-state index contributed by atoms with van der Waals surface area (Å²) >= 11 is 0. The predicted octanol–water partition coefficient (Wildman–Crippen LogP) is 4.88. The van der Waals surface area contributed by atoms with Crippen LogP contribution in [0.15, 0.2) is 36.4 Å². The van der Waals surface area contributed by atoms with Crippen LogP contribution in [0, 0.1) is 13.8 Å². The first-order valence-corrected chi connectivity index (χ1v) is 7.79. The van der Waals surface area contributed by atoms with Crippen molar-refractivity contribution in [3.8, 4) is 5.75 Å². The summed E-state index contributed by atoms with van der Waals surface area (Å²) in [5, 5.41) is 0. The lowest BCUT2D eigenvalue weighted by atomic mass is 10.1. The molecule has 0 spiro atoms. The van der Waals surface area contributed by atoms with Crippen molar-refractivity contribution >= 4 is 11.0 Å². The van der Waals surface area contributed by atoms with Crippen LogP contribution in [0.2, 0.25) is 0 Å². The topological polar surface area (TPSA) is 37.9 Å². The highest BCUT2D eigenvalue weighted by Gasteiger charge is 2.13. The molecule has 0 bridgehead atoms. The number of fused-ring (bicyclic) bond motifs is 1. The lowest BCUT2D eigenvalue weighted by molar-refractivity contribution is 0.218. The number of ether oxygens (including phenoxy) is 1. The van der Waals surface area contributed by atoms with Crippen molar-refractivity contribution in [2.75, 3.05) is 0 Å². The molecule has 0 aliphatic carbocycles. The maximum Gasteiger partial charge on any atom is 0.153 e. The fourth-order valence-electron chi connectivity index (χ4n) is 2.55. The molecule has 1 atom stereocenters. The van der Waals surface area contributed by atoms with Crippen LogP contribution in [0.5, 0.6) is 5.75 Å². The fraction of sp³-hybridized carbons (Fsp3) is 0.316. The summed E-state index contributed by atoms with van der Waals surface area (Å²) in [6, 6.07) is 12.5. The first-order valence-electron chi connectivity index (χ1n) is 7.79. The largest absolute Gasteiger partial charge is 0.483 e. The molecule has 1 aromatic heterocycles. The van der Waals surface area contributed by atoms with E-state index in [0.717, 1.165) is 29.0 Å². The van der Waals surface area contributed by atoms with Crippen LogP contribution < -0.4 is 4.74 Å². The molecule has 0 radical (unpaired) electrons. The van der Waals surface area contributed by atoms with Crippen molar-refractivity contribution in [3.05, 3.63) is 58.9 Å². The summed E-state index contributed by atoms with van der Waals surface area (Å²) in [6.07, 6.45) is 0.929. The van der Waals surface area contributed by atoms with Gasteiger partial charge >= 0.3 is 0 Å². The number of imidazole rings is 1.